The molecule has 0 fully saturated rings. The number of ketones is 1. The van der Waals surface area contributed by atoms with Crippen LogP contribution < -0.4 is 5.32 Å². The Morgan fingerprint density at radius 1 is 1.38 bits per heavy atom. The molecule has 0 saturated heterocycles. The summed E-state index contributed by atoms with van der Waals surface area (Å²) < 4.78 is 12.5. The van der Waals surface area contributed by atoms with Gasteiger partial charge in [-0.2, -0.15) is 0 Å². The van der Waals surface area contributed by atoms with Gasteiger partial charge in [-0.05, 0) is 24.3 Å². The quantitative estimate of drug-likeness (QED) is 0.771. The fourth-order valence-electron chi connectivity index (χ4n) is 0.893. The predicted molar refractivity (Wildman–Crippen MR) is 50.2 cm³/mol. The van der Waals surface area contributed by atoms with Crippen LogP contribution in [0.5, 0.6) is 0 Å². The molecule has 0 aliphatic heterocycles. The lowest BCUT2D eigenvalue weighted by atomic mass is 10.3. The van der Waals surface area contributed by atoms with Gasteiger partial charge in [0.2, 0.25) is 0 Å². The predicted octanol–water partition coefficient (Wildman–Crippen LogP) is 2.22. The Balaban J connectivity index is 2.46. The number of benzene rings is 1. The maximum absolute atomic E-state index is 12.5. The van der Waals surface area contributed by atoms with E-state index in [9.17, 15) is 9.18 Å². The van der Waals surface area contributed by atoms with Gasteiger partial charge in [0.05, 0.1) is 6.54 Å². The minimum absolute atomic E-state index is 0.143. The largest absolute Gasteiger partial charge is 0.378 e. The van der Waals surface area contributed by atoms with Crippen LogP contribution >= 0.6 is 0 Å². The maximum Gasteiger partial charge on any atom is 0.151 e. The van der Waals surface area contributed by atoms with E-state index in [1.54, 1.807) is 12.1 Å². The third kappa shape index (κ3) is 3.23. The van der Waals surface area contributed by atoms with Crippen LogP contribution in [0.2, 0.25) is 0 Å². The molecule has 0 spiro atoms. The first-order valence-electron chi connectivity index (χ1n) is 4.23. The molecule has 0 amide bonds. The number of anilines is 1. The molecule has 2 nitrogen and oxygen atoms in total. The molecule has 1 N–H and O–H groups in total. The van der Waals surface area contributed by atoms with Crippen LogP contribution in [-0.2, 0) is 4.79 Å². The number of halogens is 1. The van der Waals surface area contributed by atoms with Crippen LogP contribution in [0.1, 0.15) is 13.3 Å². The standard InChI is InChI=1S/C10H12FNO/c1-2-10(13)7-12-9-5-3-8(11)4-6-9/h3-6,12H,2,7H2,1H3. The Morgan fingerprint density at radius 3 is 2.54 bits per heavy atom. The van der Waals surface area contributed by atoms with Gasteiger partial charge in [-0.15, -0.1) is 0 Å². The fourth-order valence-corrected chi connectivity index (χ4v) is 0.893. The van der Waals surface area contributed by atoms with Crippen molar-refractivity contribution >= 4 is 11.5 Å². The van der Waals surface area contributed by atoms with Crippen molar-refractivity contribution in [1.82, 2.24) is 0 Å². The first kappa shape index (κ1) is 9.71. The number of rotatable bonds is 4. The minimum atomic E-state index is -0.271. The molecule has 0 radical (unpaired) electrons. The van der Waals surface area contributed by atoms with Crippen molar-refractivity contribution in [2.75, 3.05) is 11.9 Å². The monoisotopic (exact) mass is 181 g/mol. The Hall–Kier alpha value is -1.38. The molecular formula is C10H12FNO. The first-order valence-corrected chi connectivity index (χ1v) is 4.23. The maximum atomic E-state index is 12.5. The van der Waals surface area contributed by atoms with E-state index >= 15 is 0 Å². The first-order chi connectivity index (χ1) is 6.22. The van der Waals surface area contributed by atoms with Gasteiger partial charge in [-0.25, -0.2) is 4.39 Å². The van der Waals surface area contributed by atoms with Crippen LogP contribution in [0.15, 0.2) is 24.3 Å². The van der Waals surface area contributed by atoms with Crippen molar-refractivity contribution in [3.05, 3.63) is 30.1 Å². The summed E-state index contributed by atoms with van der Waals surface area (Å²) in [6, 6.07) is 5.94. The van der Waals surface area contributed by atoms with Gasteiger partial charge in [0.15, 0.2) is 5.78 Å². The second-order valence-corrected chi connectivity index (χ2v) is 2.75. The van der Waals surface area contributed by atoms with E-state index in [0.29, 0.717) is 13.0 Å². The molecule has 70 valence electrons. The van der Waals surface area contributed by atoms with Gasteiger partial charge in [0, 0.05) is 12.1 Å². The zero-order valence-corrected chi connectivity index (χ0v) is 7.51. The summed E-state index contributed by atoms with van der Waals surface area (Å²) in [5.74, 6) is -0.128. The van der Waals surface area contributed by atoms with Gasteiger partial charge < -0.3 is 5.32 Å². The molecule has 0 aliphatic carbocycles. The molecule has 1 rings (SSSR count). The van der Waals surface area contributed by atoms with Crippen molar-refractivity contribution < 1.29 is 9.18 Å². The molecule has 0 atom stereocenters. The SMILES string of the molecule is CCC(=O)CNc1ccc(F)cc1. The normalized spacial score (nSPS) is 9.69. The second kappa shape index (κ2) is 4.60. The Bertz CT molecular complexity index is 281. The van der Waals surface area contributed by atoms with Crippen molar-refractivity contribution in [2.24, 2.45) is 0 Å². The molecule has 1 aromatic carbocycles. The van der Waals surface area contributed by atoms with Crippen molar-refractivity contribution in [2.45, 2.75) is 13.3 Å². The van der Waals surface area contributed by atoms with Gasteiger partial charge in [0.25, 0.3) is 0 Å². The topological polar surface area (TPSA) is 29.1 Å². The van der Waals surface area contributed by atoms with Crippen LogP contribution in [0.4, 0.5) is 10.1 Å². The Morgan fingerprint density at radius 2 is 2.00 bits per heavy atom. The molecule has 0 aliphatic rings. The Labute approximate surface area is 76.8 Å². The molecule has 0 unspecified atom stereocenters. The number of Topliss-reactive ketones (excluding diaryl/α,β-unsaturated/α-hetero) is 1. The molecule has 3 heteroatoms. The average Bonchev–Trinajstić information content (AvgIpc) is 2.16. The van der Waals surface area contributed by atoms with Crippen molar-refractivity contribution in [1.29, 1.82) is 0 Å². The second-order valence-electron chi connectivity index (χ2n) is 2.75. The third-order valence-corrected chi connectivity index (χ3v) is 1.73. The lowest BCUT2D eigenvalue weighted by Gasteiger charge is -2.03. The molecule has 13 heavy (non-hydrogen) atoms. The summed E-state index contributed by atoms with van der Waals surface area (Å²) in [4.78, 5) is 10.9. The summed E-state index contributed by atoms with van der Waals surface area (Å²) in [6.07, 6.45) is 0.522. The number of carbonyl (C=O) groups is 1. The average molecular weight is 181 g/mol. The van der Waals surface area contributed by atoms with E-state index in [-0.39, 0.29) is 11.6 Å². The van der Waals surface area contributed by atoms with Crippen LogP contribution in [0.3, 0.4) is 0 Å². The number of carbonyl (C=O) groups excluding carboxylic acids is 1. The lowest BCUT2D eigenvalue weighted by Crippen LogP contribution is -2.12. The van der Waals surface area contributed by atoms with Gasteiger partial charge in [-0.1, -0.05) is 6.92 Å². The number of hydrogen-bond donors (Lipinski definition) is 1. The zero-order valence-electron chi connectivity index (χ0n) is 7.51. The fraction of sp³-hybridized carbons (Fsp3) is 0.300. The van der Waals surface area contributed by atoms with Crippen LogP contribution in [-0.4, -0.2) is 12.3 Å². The zero-order chi connectivity index (χ0) is 9.68. The molecule has 0 heterocycles. The van der Waals surface area contributed by atoms with E-state index in [1.807, 2.05) is 6.92 Å². The highest BCUT2D eigenvalue weighted by atomic mass is 19.1. The number of hydrogen-bond acceptors (Lipinski definition) is 2. The van der Waals surface area contributed by atoms with E-state index in [2.05, 4.69) is 5.32 Å². The van der Waals surface area contributed by atoms with Gasteiger partial charge in [0.1, 0.15) is 5.82 Å². The van der Waals surface area contributed by atoms with Crippen molar-refractivity contribution in [3.8, 4) is 0 Å². The summed E-state index contributed by atoms with van der Waals surface area (Å²) in [5, 5.41) is 2.91. The summed E-state index contributed by atoms with van der Waals surface area (Å²) in [5.41, 5.74) is 0.767. The van der Waals surface area contributed by atoms with Crippen LogP contribution in [0, 0.1) is 5.82 Å². The molecular weight excluding hydrogens is 169 g/mol. The van der Waals surface area contributed by atoms with Crippen LogP contribution in [0.25, 0.3) is 0 Å². The van der Waals surface area contributed by atoms with Crippen molar-refractivity contribution in [3.63, 3.8) is 0 Å². The Kier molecular flexibility index (Phi) is 3.43. The van der Waals surface area contributed by atoms with E-state index in [1.165, 1.54) is 12.1 Å². The highest BCUT2D eigenvalue weighted by Gasteiger charge is 1.97. The summed E-state index contributed by atoms with van der Waals surface area (Å²) in [6.45, 7) is 2.12. The lowest BCUT2D eigenvalue weighted by molar-refractivity contribution is -0.117. The third-order valence-electron chi connectivity index (χ3n) is 1.73. The highest BCUT2D eigenvalue weighted by Crippen LogP contribution is 2.07. The number of nitrogens with one attached hydrogen (secondary N) is 1. The van der Waals surface area contributed by atoms with E-state index in [4.69, 9.17) is 0 Å². The molecule has 1 aromatic rings. The highest BCUT2D eigenvalue weighted by molar-refractivity contribution is 5.82. The molecule has 0 aromatic heterocycles. The molecule has 0 bridgehead atoms. The summed E-state index contributed by atoms with van der Waals surface area (Å²) in [7, 11) is 0. The van der Waals surface area contributed by atoms with Gasteiger partial charge in [-0.3, -0.25) is 4.79 Å². The van der Waals surface area contributed by atoms with Gasteiger partial charge >= 0.3 is 0 Å². The minimum Gasteiger partial charge on any atom is -0.378 e. The van der Waals surface area contributed by atoms with E-state index < -0.39 is 0 Å². The molecule has 0 saturated carbocycles. The summed E-state index contributed by atoms with van der Waals surface area (Å²) >= 11 is 0. The van der Waals surface area contributed by atoms with E-state index in [0.717, 1.165) is 5.69 Å². The smallest absolute Gasteiger partial charge is 0.151 e.